The van der Waals surface area contributed by atoms with E-state index in [1.54, 1.807) is 24.3 Å². The summed E-state index contributed by atoms with van der Waals surface area (Å²) in [6.07, 6.45) is 3.73. The lowest BCUT2D eigenvalue weighted by Gasteiger charge is -2.16. The molecule has 0 spiro atoms. The number of benzene rings is 1. The molecule has 1 aliphatic heterocycles. The Balaban J connectivity index is 1.39. The summed E-state index contributed by atoms with van der Waals surface area (Å²) >= 11 is 0. The van der Waals surface area contributed by atoms with Gasteiger partial charge in [0.15, 0.2) is 0 Å². The van der Waals surface area contributed by atoms with E-state index in [1.807, 2.05) is 0 Å². The maximum absolute atomic E-state index is 12.1. The minimum atomic E-state index is -3.60. The first-order valence-corrected chi connectivity index (χ1v) is 9.21. The third kappa shape index (κ3) is 2.71. The summed E-state index contributed by atoms with van der Waals surface area (Å²) in [7, 11) is -3.60. The Morgan fingerprint density at radius 1 is 1.33 bits per heavy atom. The zero-order chi connectivity index (χ0) is 16.7. The SMILES string of the molecule is O=C(NCCN1c2ccccc2NS1(=O)=O)c1cnc(C2CC2)[nH]1. The van der Waals surface area contributed by atoms with Gasteiger partial charge in [0, 0.05) is 12.5 Å². The number of carbonyl (C=O) groups excluding carboxylic acids is 1. The number of aromatic nitrogens is 2. The quantitative estimate of drug-likeness (QED) is 0.755. The van der Waals surface area contributed by atoms with Crippen LogP contribution in [0.5, 0.6) is 0 Å². The van der Waals surface area contributed by atoms with Crippen molar-refractivity contribution in [1.29, 1.82) is 0 Å². The molecule has 1 aromatic heterocycles. The number of carbonyl (C=O) groups is 1. The van der Waals surface area contributed by atoms with Gasteiger partial charge in [-0.1, -0.05) is 12.1 Å². The second-order valence-electron chi connectivity index (χ2n) is 5.91. The molecule has 9 heteroatoms. The average molecular weight is 347 g/mol. The molecule has 0 bridgehead atoms. The summed E-state index contributed by atoms with van der Waals surface area (Å²) in [5.74, 6) is 1.01. The molecule has 1 fully saturated rings. The van der Waals surface area contributed by atoms with Gasteiger partial charge in [0.05, 0.1) is 24.1 Å². The number of anilines is 2. The average Bonchev–Trinajstić information content (AvgIpc) is 3.21. The van der Waals surface area contributed by atoms with Crippen LogP contribution in [-0.2, 0) is 10.2 Å². The number of aromatic amines is 1. The van der Waals surface area contributed by atoms with E-state index in [2.05, 4.69) is 20.0 Å². The minimum Gasteiger partial charge on any atom is -0.349 e. The highest BCUT2D eigenvalue weighted by Crippen LogP contribution is 2.38. The lowest BCUT2D eigenvalue weighted by atomic mass is 10.3. The first-order valence-electron chi connectivity index (χ1n) is 7.77. The van der Waals surface area contributed by atoms with Crippen molar-refractivity contribution in [2.45, 2.75) is 18.8 Å². The van der Waals surface area contributed by atoms with Crippen molar-refractivity contribution in [3.63, 3.8) is 0 Å². The van der Waals surface area contributed by atoms with Gasteiger partial charge in [0.1, 0.15) is 11.5 Å². The van der Waals surface area contributed by atoms with E-state index in [4.69, 9.17) is 0 Å². The molecule has 24 heavy (non-hydrogen) atoms. The van der Waals surface area contributed by atoms with Crippen LogP contribution in [0.15, 0.2) is 30.5 Å². The Bertz CT molecular complexity index is 888. The van der Waals surface area contributed by atoms with Crippen molar-refractivity contribution in [3.05, 3.63) is 42.0 Å². The van der Waals surface area contributed by atoms with Crippen LogP contribution in [0.25, 0.3) is 0 Å². The molecule has 3 N–H and O–H groups in total. The minimum absolute atomic E-state index is 0.154. The summed E-state index contributed by atoms with van der Waals surface area (Å²) in [5, 5.41) is 2.72. The first-order chi connectivity index (χ1) is 11.5. The molecule has 2 aliphatic rings. The Kier molecular flexibility index (Phi) is 3.45. The van der Waals surface area contributed by atoms with E-state index in [1.165, 1.54) is 10.5 Å². The molecule has 1 saturated carbocycles. The van der Waals surface area contributed by atoms with Crippen LogP contribution in [-0.4, -0.2) is 37.4 Å². The summed E-state index contributed by atoms with van der Waals surface area (Å²) in [6, 6.07) is 6.97. The van der Waals surface area contributed by atoms with Gasteiger partial charge in [-0.3, -0.25) is 9.52 Å². The van der Waals surface area contributed by atoms with Gasteiger partial charge >= 0.3 is 10.2 Å². The number of para-hydroxylation sites is 2. The molecule has 0 atom stereocenters. The van der Waals surface area contributed by atoms with Crippen LogP contribution in [0.2, 0.25) is 0 Å². The van der Waals surface area contributed by atoms with Crippen molar-refractivity contribution < 1.29 is 13.2 Å². The van der Waals surface area contributed by atoms with Gasteiger partial charge in [0.2, 0.25) is 0 Å². The number of rotatable bonds is 5. The lowest BCUT2D eigenvalue weighted by Crippen LogP contribution is -2.38. The Morgan fingerprint density at radius 2 is 2.12 bits per heavy atom. The lowest BCUT2D eigenvalue weighted by molar-refractivity contribution is 0.0950. The van der Waals surface area contributed by atoms with Crippen LogP contribution < -0.4 is 14.3 Å². The zero-order valence-electron chi connectivity index (χ0n) is 12.8. The van der Waals surface area contributed by atoms with Gasteiger partial charge in [0.25, 0.3) is 5.91 Å². The second-order valence-corrected chi connectivity index (χ2v) is 7.50. The normalized spacial score (nSPS) is 18.1. The smallest absolute Gasteiger partial charge is 0.324 e. The number of H-pyrrole nitrogens is 1. The molecule has 2 aromatic rings. The highest BCUT2D eigenvalue weighted by molar-refractivity contribution is 7.94. The van der Waals surface area contributed by atoms with Crippen LogP contribution in [0.4, 0.5) is 11.4 Å². The number of imidazole rings is 1. The molecular formula is C15H17N5O3S. The molecule has 1 aromatic carbocycles. The Labute approximate surface area is 139 Å². The molecule has 0 saturated heterocycles. The number of amides is 1. The number of nitrogens with zero attached hydrogens (tertiary/aromatic N) is 2. The van der Waals surface area contributed by atoms with E-state index in [-0.39, 0.29) is 19.0 Å². The maximum atomic E-state index is 12.1. The maximum Gasteiger partial charge on any atom is 0.324 e. The molecule has 1 amide bonds. The molecule has 2 heterocycles. The standard InChI is InChI=1S/C15H17N5O3S/c21-15(12-9-17-14(18-12)10-5-6-10)16-7-8-20-13-4-2-1-3-11(13)19-24(20,22)23/h1-4,9-10,19H,5-8H2,(H,16,21)(H,17,18). The number of hydrogen-bond acceptors (Lipinski definition) is 4. The van der Waals surface area contributed by atoms with Crippen molar-refractivity contribution in [2.24, 2.45) is 0 Å². The fourth-order valence-corrected chi connectivity index (χ4v) is 4.03. The van der Waals surface area contributed by atoms with E-state index in [0.29, 0.717) is 23.0 Å². The van der Waals surface area contributed by atoms with Gasteiger partial charge in [-0.2, -0.15) is 8.42 Å². The van der Waals surface area contributed by atoms with E-state index in [0.717, 1.165) is 18.7 Å². The zero-order valence-corrected chi connectivity index (χ0v) is 13.6. The number of fused-ring (bicyclic) bond motifs is 1. The van der Waals surface area contributed by atoms with Crippen LogP contribution in [0.1, 0.15) is 35.1 Å². The summed E-state index contributed by atoms with van der Waals surface area (Å²) in [4.78, 5) is 19.3. The van der Waals surface area contributed by atoms with E-state index >= 15 is 0 Å². The first kappa shape index (κ1) is 15.0. The summed E-state index contributed by atoms with van der Waals surface area (Å²) in [6.45, 7) is 0.355. The summed E-state index contributed by atoms with van der Waals surface area (Å²) < 4.78 is 28.0. The van der Waals surface area contributed by atoms with Gasteiger partial charge in [-0.05, 0) is 25.0 Å². The largest absolute Gasteiger partial charge is 0.349 e. The van der Waals surface area contributed by atoms with Gasteiger partial charge in [-0.15, -0.1) is 0 Å². The topological polar surface area (TPSA) is 107 Å². The van der Waals surface area contributed by atoms with Crippen molar-refractivity contribution in [3.8, 4) is 0 Å². The number of nitrogens with one attached hydrogen (secondary N) is 3. The van der Waals surface area contributed by atoms with E-state index < -0.39 is 10.2 Å². The molecule has 8 nitrogen and oxygen atoms in total. The van der Waals surface area contributed by atoms with Crippen molar-refractivity contribution in [2.75, 3.05) is 22.1 Å². The van der Waals surface area contributed by atoms with Crippen LogP contribution in [0.3, 0.4) is 0 Å². The number of hydrogen-bond donors (Lipinski definition) is 3. The molecule has 1 aliphatic carbocycles. The highest BCUT2D eigenvalue weighted by Gasteiger charge is 2.32. The molecule has 0 unspecified atom stereocenters. The van der Waals surface area contributed by atoms with Crippen molar-refractivity contribution >= 4 is 27.5 Å². The van der Waals surface area contributed by atoms with Crippen LogP contribution in [0, 0.1) is 0 Å². The molecular weight excluding hydrogens is 330 g/mol. The fourth-order valence-electron chi connectivity index (χ4n) is 2.72. The Morgan fingerprint density at radius 3 is 2.92 bits per heavy atom. The monoisotopic (exact) mass is 347 g/mol. The third-order valence-electron chi connectivity index (χ3n) is 4.11. The van der Waals surface area contributed by atoms with Gasteiger partial charge < -0.3 is 10.3 Å². The van der Waals surface area contributed by atoms with E-state index in [9.17, 15) is 13.2 Å². The van der Waals surface area contributed by atoms with Crippen LogP contribution >= 0.6 is 0 Å². The van der Waals surface area contributed by atoms with Crippen molar-refractivity contribution in [1.82, 2.24) is 15.3 Å². The molecule has 4 rings (SSSR count). The van der Waals surface area contributed by atoms with Gasteiger partial charge in [-0.25, -0.2) is 9.29 Å². The molecule has 0 radical (unpaired) electrons. The highest BCUT2D eigenvalue weighted by atomic mass is 32.2. The second kappa shape index (κ2) is 5.52. The predicted octanol–water partition coefficient (Wildman–Crippen LogP) is 1.19. The molecule has 126 valence electrons. The Hall–Kier alpha value is -2.55. The predicted molar refractivity (Wildman–Crippen MR) is 89.2 cm³/mol. The third-order valence-corrected chi connectivity index (χ3v) is 5.54. The fraction of sp³-hybridized carbons (Fsp3) is 0.333. The summed E-state index contributed by atoms with van der Waals surface area (Å²) in [5.41, 5.74) is 1.54.